The maximum Gasteiger partial charge on any atom is 0.0940 e. The molecule has 1 aromatic heterocycles. The smallest absolute Gasteiger partial charge is 0.0940 e. The molecule has 2 nitrogen and oxygen atoms in total. The minimum Gasteiger partial charge on any atom is -0.330 e. The van der Waals surface area contributed by atoms with Gasteiger partial charge in [0.2, 0.25) is 0 Å². The van der Waals surface area contributed by atoms with Crippen molar-refractivity contribution in [2.75, 3.05) is 6.54 Å². The molecule has 0 aromatic carbocycles. The van der Waals surface area contributed by atoms with Crippen LogP contribution in [0.2, 0.25) is 0 Å². The Morgan fingerprint density at radius 1 is 1.78 bits per heavy atom. The normalized spacial score (nSPS) is 10.0. The SMILES string of the molecule is Cc1csc(CCN)n1. The summed E-state index contributed by atoms with van der Waals surface area (Å²) in [7, 11) is 0. The van der Waals surface area contributed by atoms with E-state index in [-0.39, 0.29) is 0 Å². The lowest BCUT2D eigenvalue weighted by molar-refractivity contribution is 0.945. The molecule has 1 heterocycles. The minimum atomic E-state index is 0.701. The van der Waals surface area contributed by atoms with Crippen molar-refractivity contribution in [2.24, 2.45) is 5.73 Å². The molecule has 2 N–H and O–H groups in total. The molecule has 1 rings (SSSR count). The molecule has 0 amide bonds. The summed E-state index contributed by atoms with van der Waals surface area (Å²) >= 11 is 1.68. The molecule has 50 valence electrons. The predicted molar refractivity (Wildman–Crippen MR) is 39.6 cm³/mol. The van der Waals surface area contributed by atoms with Crippen LogP contribution in [0.3, 0.4) is 0 Å². The molecular formula is C6H10N2S. The number of nitrogens with zero attached hydrogens (tertiary/aromatic N) is 1. The first-order valence-corrected chi connectivity index (χ1v) is 3.82. The Morgan fingerprint density at radius 2 is 2.56 bits per heavy atom. The zero-order chi connectivity index (χ0) is 6.69. The number of aromatic nitrogens is 1. The number of nitrogens with two attached hydrogens (primary N) is 1. The summed E-state index contributed by atoms with van der Waals surface area (Å²) in [6.07, 6.45) is 0.915. The second kappa shape index (κ2) is 2.94. The van der Waals surface area contributed by atoms with Crippen LogP contribution in [0.15, 0.2) is 5.38 Å². The molecular weight excluding hydrogens is 132 g/mol. The van der Waals surface area contributed by atoms with Gasteiger partial charge in [0.1, 0.15) is 0 Å². The van der Waals surface area contributed by atoms with E-state index >= 15 is 0 Å². The van der Waals surface area contributed by atoms with Gasteiger partial charge in [-0.15, -0.1) is 11.3 Å². The largest absolute Gasteiger partial charge is 0.330 e. The van der Waals surface area contributed by atoms with Crippen molar-refractivity contribution in [3.05, 3.63) is 16.1 Å². The molecule has 0 radical (unpaired) electrons. The molecule has 3 heteroatoms. The molecule has 0 aliphatic heterocycles. The topological polar surface area (TPSA) is 38.9 Å². The zero-order valence-electron chi connectivity index (χ0n) is 5.42. The first-order chi connectivity index (χ1) is 4.33. The van der Waals surface area contributed by atoms with Gasteiger partial charge in [-0.05, 0) is 13.5 Å². The van der Waals surface area contributed by atoms with Crippen LogP contribution >= 0.6 is 11.3 Å². The Balaban J connectivity index is 2.61. The highest BCUT2D eigenvalue weighted by Crippen LogP contribution is 2.07. The van der Waals surface area contributed by atoms with Crippen molar-refractivity contribution in [2.45, 2.75) is 13.3 Å². The van der Waals surface area contributed by atoms with E-state index in [9.17, 15) is 0 Å². The summed E-state index contributed by atoms with van der Waals surface area (Å²) in [5, 5.41) is 3.19. The van der Waals surface area contributed by atoms with E-state index in [2.05, 4.69) is 4.98 Å². The monoisotopic (exact) mass is 142 g/mol. The third-order valence-corrected chi connectivity index (χ3v) is 2.05. The van der Waals surface area contributed by atoms with Gasteiger partial charge < -0.3 is 5.73 Å². The second-order valence-corrected chi connectivity index (χ2v) is 2.86. The van der Waals surface area contributed by atoms with Crippen LogP contribution in [-0.4, -0.2) is 11.5 Å². The molecule has 0 aliphatic rings. The van der Waals surface area contributed by atoms with Gasteiger partial charge in [0.15, 0.2) is 0 Å². The highest BCUT2D eigenvalue weighted by Gasteiger charge is 1.94. The van der Waals surface area contributed by atoms with Crippen molar-refractivity contribution >= 4 is 11.3 Å². The number of hydrogen-bond donors (Lipinski definition) is 1. The zero-order valence-corrected chi connectivity index (χ0v) is 6.24. The lowest BCUT2D eigenvalue weighted by Gasteiger charge is -1.85. The van der Waals surface area contributed by atoms with Gasteiger partial charge >= 0.3 is 0 Å². The van der Waals surface area contributed by atoms with E-state index in [0.29, 0.717) is 6.54 Å². The highest BCUT2D eigenvalue weighted by molar-refractivity contribution is 7.09. The van der Waals surface area contributed by atoms with Crippen LogP contribution in [0.25, 0.3) is 0 Å². The molecule has 0 unspecified atom stereocenters. The average molecular weight is 142 g/mol. The molecule has 0 atom stereocenters. The van der Waals surface area contributed by atoms with Crippen LogP contribution in [-0.2, 0) is 6.42 Å². The number of thiazole rings is 1. The number of aryl methyl sites for hydroxylation is 1. The van der Waals surface area contributed by atoms with Crippen molar-refractivity contribution in [1.29, 1.82) is 0 Å². The fourth-order valence-electron chi connectivity index (χ4n) is 0.641. The van der Waals surface area contributed by atoms with Gasteiger partial charge in [0, 0.05) is 17.5 Å². The Bertz CT molecular complexity index is 183. The maximum absolute atomic E-state index is 5.34. The summed E-state index contributed by atoms with van der Waals surface area (Å²) in [6, 6.07) is 0. The van der Waals surface area contributed by atoms with E-state index < -0.39 is 0 Å². The summed E-state index contributed by atoms with van der Waals surface area (Å²) in [6.45, 7) is 2.70. The summed E-state index contributed by atoms with van der Waals surface area (Å²) in [5.41, 5.74) is 6.44. The highest BCUT2D eigenvalue weighted by atomic mass is 32.1. The van der Waals surface area contributed by atoms with E-state index in [1.165, 1.54) is 0 Å². The summed E-state index contributed by atoms with van der Waals surface area (Å²) in [5.74, 6) is 0. The molecule has 0 saturated carbocycles. The third kappa shape index (κ3) is 1.77. The first-order valence-electron chi connectivity index (χ1n) is 2.94. The predicted octanol–water partition coefficient (Wildman–Crippen LogP) is 0.953. The third-order valence-electron chi connectivity index (χ3n) is 1.02. The summed E-state index contributed by atoms with van der Waals surface area (Å²) in [4.78, 5) is 4.24. The van der Waals surface area contributed by atoms with Gasteiger partial charge in [-0.25, -0.2) is 4.98 Å². The lowest BCUT2D eigenvalue weighted by Crippen LogP contribution is -2.01. The fourth-order valence-corrected chi connectivity index (χ4v) is 1.43. The molecule has 0 spiro atoms. The Kier molecular flexibility index (Phi) is 2.19. The van der Waals surface area contributed by atoms with Crippen molar-refractivity contribution in [1.82, 2.24) is 4.98 Å². The van der Waals surface area contributed by atoms with Gasteiger partial charge in [0.25, 0.3) is 0 Å². The van der Waals surface area contributed by atoms with Crippen LogP contribution in [0.1, 0.15) is 10.7 Å². The Labute approximate surface area is 58.7 Å². The van der Waals surface area contributed by atoms with E-state index in [1.807, 2.05) is 12.3 Å². The van der Waals surface area contributed by atoms with Crippen molar-refractivity contribution in [3.8, 4) is 0 Å². The molecule has 1 aromatic rings. The summed E-state index contributed by atoms with van der Waals surface area (Å²) < 4.78 is 0. The molecule has 0 saturated heterocycles. The van der Waals surface area contributed by atoms with Gasteiger partial charge in [0.05, 0.1) is 5.01 Å². The van der Waals surface area contributed by atoms with E-state index in [0.717, 1.165) is 17.1 Å². The van der Waals surface area contributed by atoms with E-state index in [1.54, 1.807) is 11.3 Å². The van der Waals surface area contributed by atoms with Crippen molar-refractivity contribution < 1.29 is 0 Å². The molecule has 0 bridgehead atoms. The van der Waals surface area contributed by atoms with Crippen LogP contribution in [0.4, 0.5) is 0 Å². The average Bonchev–Trinajstić information content (AvgIpc) is 2.17. The molecule has 9 heavy (non-hydrogen) atoms. The maximum atomic E-state index is 5.34. The van der Waals surface area contributed by atoms with Gasteiger partial charge in [-0.2, -0.15) is 0 Å². The Hall–Kier alpha value is -0.410. The lowest BCUT2D eigenvalue weighted by atomic mass is 10.4. The standard InChI is InChI=1S/C6H10N2S/c1-5-4-9-6(8-5)2-3-7/h4H,2-3,7H2,1H3. The van der Waals surface area contributed by atoms with Crippen molar-refractivity contribution in [3.63, 3.8) is 0 Å². The Morgan fingerprint density at radius 3 is 3.00 bits per heavy atom. The first kappa shape index (κ1) is 6.71. The van der Waals surface area contributed by atoms with Crippen LogP contribution in [0.5, 0.6) is 0 Å². The second-order valence-electron chi connectivity index (χ2n) is 1.92. The van der Waals surface area contributed by atoms with Crippen LogP contribution in [0, 0.1) is 6.92 Å². The molecule has 0 aliphatic carbocycles. The minimum absolute atomic E-state index is 0.701. The quantitative estimate of drug-likeness (QED) is 0.667. The number of rotatable bonds is 2. The molecule has 0 fully saturated rings. The van der Waals surface area contributed by atoms with Crippen LogP contribution < -0.4 is 5.73 Å². The van der Waals surface area contributed by atoms with Gasteiger partial charge in [-0.1, -0.05) is 0 Å². The van der Waals surface area contributed by atoms with Gasteiger partial charge in [-0.3, -0.25) is 0 Å². The fraction of sp³-hybridized carbons (Fsp3) is 0.500. The number of hydrogen-bond acceptors (Lipinski definition) is 3. The van der Waals surface area contributed by atoms with E-state index in [4.69, 9.17) is 5.73 Å².